The molecule has 0 aliphatic carbocycles. The Kier molecular flexibility index (Phi) is 4.19. The van der Waals surface area contributed by atoms with Gasteiger partial charge in [0.15, 0.2) is 17.0 Å². The molecule has 0 bridgehead atoms. The minimum atomic E-state index is -0.0326. The molecule has 148 valence electrons. The molecule has 1 aliphatic heterocycles. The first-order valence-corrected chi connectivity index (χ1v) is 9.91. The molecule has 0 unspecified atom stereocenters. The summed E-state index contributed by atoms with van der Waals surface area (Å²) < 4.78 is 3.89. The lowest BCUT2D eigenvalue weighted by atomic mass is 10.0. The fourth-order valence-electron chi connectivity index (χ4n) is 4.31. The van der Waals surface area contributed by atoms with Crippen molar-refractivity contribution < 1.29 is 0 Å². The number of imidazole rings is 2. The number of H-pyrrole nitrogens is 1. The summed E-state index contributed by atoms with van der Waals surface area (Å²) in [7, 11) is 1.97. The van der Waals surface area contributed by atoms with E-state index in [1.165, 1.54) is 0 Å². The van der Waals surface area contributed by atoms with Gasteiger partial charge in [-0.15, -0.1) is 0 Å². The molecule has 3 aromatic heterocycles. The van der Waals surface area contributed by atoms with Gasteiger partial charge in [0.2, 0.25) is 0 Å². The third-order valence-corrected chi connectivity index (χ3v) is 5.74. The Morgan fingerprint density at radius 3 is 2.76 bits per heavy atom. The summed E-state index contributed by atoms with van der Waals surface area (Å²) in [6, 6.07) is 8.05. The summed E-state index contributed by atoms with van der Waals surface area (Å²) >= 11 is 0. The first-order chi connectivity index (χ1) is 14.2. The van der Waals surface area contributed by atoms with Crippen LogP contribution in [0.3, 0.4) is 0 Å². The number of aryl methyl sites for hydroxylation is 1. The van der Waals surface area contributed by atoms with Crippen molar-refractivity contribution in [3.05, 3.63) is 53.0 Å². The van der Waals surface area contributed by atoms with Gasteiger partial charge < -0.3 is 14.5 Å². The number of nitrogens with zero attached hydrogens (tertiary/aromatic N) is 6. The number of allylic oxidation sites excluding steroid dienone is 1. The van der Waals surface area contributed by atoms with E-state index >= 15 is 0 Å². The lowest BCUT2D eigenvalue weighted by molar-refractivity contribution is 0.395. The van der Waals surface area contributed by atoms with E-state index in [2.05, 4.69) is 19.9 Å². The normalized spacial score (nSPS) is 15.9. The van der Waals surface area contributed by atoms with Crippen molar-refractivity contribution in [3.8, 4) is 0 Å². The summed E-state index contributed by atoms with van der Waals surface area (Å²) in [5.41, 5.74) is 3.49. The molecule has 8 heteroatoms. The number of para-hydroxylation sites is 2. The molecule has 1 saturated heterocycles. The summed E-state index contributed by atoms with van der Waals surface area (Å²) in [5.74, 6) is 1.73. The molecule has 0 spiro atoms. The largest absolute Gasteiger partial charge is 0.355 e. The predicted octanol–water partition coefficient (Wildman–Crippen LogP) is 2.88. The molecule has 0 radical (unpaired) electrons. The molecule has 8 nitrogen and oxygen atoms in total. The van der Waals surface area contributed by atoms with Crippen LogP contribution in [0.4, 0.5) is 5.82 Å². The van der Waals surface area contributed by atoms with E-state index in [1.54, 1.807) is 6.33 Å². The van der Waals surface area contributed by atoms with Gasteiger partial charge >= 0.3 is 5.69 Å². The number of aromatic nitrogens is 6. The zero-order chi connectivity index (χ0) is 20.0. The highest BCUT2D eigenvalue weighted by Gasteiger charge is 2.26. The van der Waals surface area contributed by atoms with Crippen molar-refractivity contribution in [2.24, 2.45) is 7.05 Å². The van der Waals surface area contributed by atoms with Crippen LogP contribution in [0.15, 0.2) is 41.5 Å². The summed E-state index contributed by atoms with van der Waals surface area (Å²) in [6.07, 6.45) is 7.30. The van der Waals surface area contributed by atoms with Crippen molar-refractivity contribution in [2.45, 2.75) is 25.8 Å². The van der Waals surface area contributed by atoms with Gasteiger partial charge in [-0.05, 0) is 38.0 Å². The van der Waals surface area contributed by atoms with Crippen LogP contribution in [-0.2, 0) is 7.05 Å². The van der Waals surface area contributed by atoms with Crippen molar-refractivity contribution >= 4 is 34.1 Å². The Morgan fingerprint density at radius 2 is 1.97 bits per heavy atom. The van der Waals surface area contributed by atoms with Gasteiger partial charge in [-0.1, -0.05) is 18.2 Å². The first-order valence-electron chi connectivity index (χ1n) is 9.91. The summed E-state index contributed by atoms with van der Waals surface area (Å²) in [5, 5.41) is 0. The van der Waals surface area contributed by atoms with Crippen LogP contribution in [0.25, 0.3) is 28.3 Å². The first kappa shape index (κ1) is 17.7. The maximum atomic E-state index is 12.5. The topological polar surface area (TPSA) is 84.6 Å². The lowest BCUT2D eigenvalue weighted by Crippen LogP contribution is -2.37. The molecule has 1 aliphatic rings. The van der Waals surface area contributed by atoms with Crippen molar-refractivity contribution in [1.82, 2.24) is 29.1 Å². The van der Waals surface area contributed by atoms with E-state index in [0.717, 1.165) is 59.8 Å². The fourth-order valence-corrected chi connectivity index (χ4v) is 4.31. The van der Waals surface area contributed by atoms with E-state index < -0.39 is 0 Å². The molecular formula is C21H23N7O. The van der Waals surface area contributed by atoms with Crippen LogP contribution in [0.1, 0.15) is 31.6 Å². The van der Waals surface area contributed by atoms with Gasteiger partial charge in [-0.25, -0.2) is 19.7 Å². The average Bonchev–Trinajstić information content (AvgIpc) is 3.25. The third-order valence-electron chi connectivity index (χ3n) is 5.74. The Balaban J connectivity index is 1.44. The Labute approximate surface area is 167 Å². The number of nitrogens with one attached hydrogen (secondary N) is 1. The molecule has 4 aromatic rings. The quantitative estimate of drug-likeness (QED) is 0.582. The molecule has 5 rings (SSSR count). The Morgan fingerprint density at radius 1 is 1.17 bits per heavy atom. The zero-order valence-electron chi connectivity index (χ0n) is 16.5. The van der Waals surface area contributed by atoms with E-state index in [4.69, 9.17) is 4.98 Å². The van der Waals surface area contributed by atoms with Gasteiger partial charge in [-0.3, -0.25) is 4.57 Å². The average molecular weight is 389 g/mol. The SMILES string of the molecule is C/C=C/c1nc2c(N3CCC(n4c(=O)[nH]c5ccccc54)CC3)ncnc2n1C. The molecule has 4 heterocycles. The van der Waals surface area contributed by atoms with Crippen LogP contribution >= 0.6 is 0 Å². The minimum absolute atomic E-state index is 0.0326. The lowest BCUT2D eigenvalue weighted by Gasteiger charge is -2.33. The molecule has 0 amide bonds. The van der Waals surface area contributed by atoms with Gasteiger partial charge in [0.1, 0.15) is 12.2 Å². The van der Waals surface area contributed by atoms with E-state index in [0.29, 0.717) is 0 Å². The number of rotatable bonds is 3. The van der Waals surface area contributed by atoms with Crippen LogP contribution in [0, 0.1) is 0 Å². The third kappa shape index (κ3) is 2.83. The second-order valence-electron chi connectivity index (χ2n) is 7.43. The Bertz CT molecular complexity index is 1270. The number of aromatic amines is 1. The van der Waals surface area contributed by atoms with Crippen molar-refractivity contribution in [2.75, 3.05) is 18.0 Å². The second kappa shape index (κ2) is 6.88. The smallest absolute Gasteiger partial charge is 0.326 e. The monoisotopic (exact) mass is 389 g/mol. The van der Waals surface area contributed by atoms with Crippen LogP contribution in [-0.4, -0.2) is 42.2 Å². The molecule has 0 atom stereocenters. The number of piperidine rings is 1. The highest BCUT2D eigenvalue weighted by Crippen LogP contribution is 2.30. The maximum Gasteiger partial charge on any atom is 0.326 e. The van der Waals surface area contributed by atoms with Crippen molar-refractivity contribution in [1.29, 1.82) is 0 Å². The minimum Gasteiger partial charge on any atom is -0.355 e. The fraction of sp³-hybridized carbons (Fsp3) is 0.333. The molecule has 1 N–H and O–H groups in total. The number of fused-ring (bicyclic) bond motifs is 2. The van der Waals surface area contributed by atoms with Gasteiger partial charge in [-0.2, -0.15) is 0 Å². The molecule has 29 heavy (non-hydrogen) atoms. The van der Waals surface area contributed by atoms with E-state index in [9.17, 15) is 4.79 Å². The highest BCUT2D eigenvalue weighted by molar-refractivity contribution is 5.85. The standard InChI is InChI=1S/C21H23N7O/c1-3-6-17-25-18-19(26(17)2)22-13-23-20(18)27-11-9-14(10-12-27)28-16-8-5-4-7-15(16)24-21(28)29/h3-8,13-14H,9-12H2,1-2H3,(H,24,29)/b6-3+. The van der Waals surface area contributed by atoms with E-state index in [-0.39, 0.29) is 11.7 Å². The van der Waals surface area contributed by atoms with Gasteiger partial charge in [0, 0.05) is 26.2 Å². The van der Waals surface area contributed by atoms with Crippen LogP contribution in [0.2, 0.25) is 0 Å². The van der Waals surface area contributed by atoms with Gasteiger partial charge in [0.05, 0.1) is 11.0 Å². The zero-order valence-corrected chi connectivity index (χ0v) is 16.5. The Hall–Kier alpha value is -3.42. The highest BCUT2D eigenvalue weighted by atomic mass is 16.1. The number of hydrogen-bond donors (Lipinski definition) is 1. The molecule has 1 aromatic carbocycles. The maximum absolute atomic E-state index is 12.5. The second-order valence-corrected chi connectivity index (χ2v) is 7.43. The van der Waals surface area contributed by atoms with Crippen molar-refractivity contribution in [3.63, 3.8) is 0 Å². The number of benzene rings is 1. The summed E-state index contributed by atoms with van der Waals surface area (Å²) in [4.78, 5) is 31.5. The number of anilines is 1. The number of hydrogen-bond acceptors (Lipinski definition) is 5. The predicted molar refractivity (Wildman–Crippen MR) is 114 cm³/mol. The van der Waals surface area contributed by atoms with Crippen LogP contribution in [0.5, 0.6) is 0 Å². The summed E-state index contributed by atoms with van der Waals surface area (Å²) in [6.45, 7) is 3.61. The van der Waals surface area contributed by atoms with E-state index in [1.807, 2.05) is 59.5 Å². The molecule has 1 fully saturated rings. The van der Waals surface area contributed by atoms with Gasteiger partial charge in [0.25, 0.3) is 0 Å². The molecular weight excluding hydrogens is 366 g/mol. The van der Waals surface area contributed by atoms with Crippen LogP contribution < -0.4 is 10.6 Å². The molecule has 0 saturated carbocycles.